The molecule has 0 bridgehead atoms. The first-order valence-corrected chi connectivity index (χ1v) is 6.27. The second kappa shape index (κ2) is 4.45. The molecule has 0 heterocycles. The fourth-order valence-electron chi connectivity index (χ4n) is 1.41. The van der Waals surface area contributed by atoms with Crippen molar-refractivity contribution in [2.45, 2.75) is 30.4 Å². The van der Waals surface area contributed by atoms with Gasteiger partial charge in [0.2, 0.25) is 0 Å². The van der Waals surface area contributed by atoms with Gasteiger partial charge in [0, 0.05) is 0 Å². The Morgan fingerprint density at radius 2 is 2.00 bits per heavy atom. The van der Waals surface area contributed by atoms with Gasteiger partial charge in [-0.15, -0.1) is 0 Å². The highest BCUT2D eigenvalue weighted by atomic mass is 32.2. The lowest BCUT2D eigenvalue weighted by Gasteiger charge is -2.10. The van der Waals surface area contributed by atoms with Crippen molar-refractivity contribution < 1.29 is 8.42 Å². The molecule has 0 aliphatic carbocycles. The Morgan fingerprint density at radius 1 is 1.40 bits per heavy atom. The molecule has 0 N–H and O–H groups in total. The van der Waals surface area contributed by atoms with Gasteiger partial charge in [-0.25, -0.2) is 8.42 Å². The maximum absolute atomic E-state index is 12.0. The van der Waals surface area contributed by atoms with Crippen molar-refractivity contribution in [3.8, 4) is 6.07 Å². The smallest absolute Gasteiger partial charge is 0.194 e. The maximum atomic E-state index is 12.0. The maximum Gasteiger partial charge on any atom is 0.194 e. The molecule has 0 fully saturated rings. The topological polar surface area (TPSA) is 57.9 Å². The number of aryl methyl sites for hydroxylation is 1. The molecule has 1 unspecified atom stereocenters. The normalized spacial score (nSPS) is 13.1. The lowest BCUT2D eigenvalue weighted by Crippen LogP contribution is -2.19. The molecule has 0 amide bonds. The van der Waals surface area contributed by atoms with Gasteiger partial charge in [-0.2, -0.15) is 5.26 Å². The van der Waals surface area contributed by atoms with E-state index in [-0.39, 0.29) is 4.90 Å². The molecule has 1 aromatic rings. The zero-order valence-electron chi connectivity index (χ0n) is 8.77. The Hall–Kier alpha value is -1.34. The minimum Gasteiger partial charge on any atom is -0.222 e. The Morgan fingerprint density at radius 3 is 2.47 bits per heavy atom. The van der Waals surface area contributed by atoms with E-state index in [4.69, 9.17) is 5.26 Å². The summed E-state index contributed by atoms with van der Waals surface area (Å²) in [6, 6.07) is 8.56. The average Bonchev–Trinajstić information content (AvgIpc) is 2.19. The molecule has 0 spiro atoms. The molecule has 1 atom stereocenters. The van der Waals surface area contributed by atoms with Gasteiger partial charge in [0.15, 0.2) is 15.1 Å². The first kappa shape index (κ1) is 11.7. The quantitative estimate of drug-likeness (QED) is 0.788. The lowest BCUT2D eigenvalue weighted by atomic mass is 10.2. The molecule has 80 valence electrons. The van der Waals surface area contributed by atoms with Crippen LogP contribution in [0.15, 0.2) is 29.2 Å². The molecular weight excluding hydrogens is 210 g/mol. The van der Waals surface area contributed by atoms with Crippen molar-refractivity contribution in [1.29, 1.82) is 5.26 Å². The summed E-state index contributed by atoms with van der Waals surface area (Å²) < 4.78 is 24.0. The summed E-state index contributed by atoms with van der Waals surface area (Å²) in [6.07, 6.45) is 0.313. The minimum atomic E-state index is -3.49. The van der Waals surface area contributed by atoms with Crippen molar-refractivity contribution in [2.75, 3.05) is 0 Å². The van der Waals surface area contributed by atoms with E-state index < -0.39 is 15.1 Å². The highest BCUT2D eigenvalue weighted by Crippen LogP contribution is 2.21. The van der Waals surface area contributed by atoms with Crippen LogP contribution in [0.1, 0.15) is 18.9 Å². The standard InChI is InChI=1S/C11H13NO2S/c1-3-10(8-12)15(13,14)11-7-5-4-6-9(11)2/h4-7,10H,3H2,1-2H3. The number of sulfone groups is 1. The molecule has 0 saturated carbocycles. The Bertz CT molecular complexity index is 486. The van der Waals surface area contributed by atoms with Crippen LogP contribution in [-0.4, -0.2) is 13.7 Å². The van der Waals surface area contributed by atoms with Crippen molar-refractivity contribution in [3.05, 3.63) is 29.8 Å². The first-order chi connectivity index (χ1) is 7.04. The molecule has 0 aliphatic rings. The minimum absolute atomic E-state index is 0.262. The number of rotatable bonds is 3. The van der Waals surface area contributed by atoms with Crippen molar-refractivity contribution >= 4 is 9.84 Å². The number of nitrogens with zero attached hydrogens (tertiary/aromatic N) is 1. The van der Waals surface area contributed by atoms with Crippen LogP contribution in [0.3, 0.4) is 0 Å². The monoisotopic (exact) mass is 223 g/mol. The van der Waals surface area contributed by atoms with Crippen LogP contribution in [0.2, 0.25) is 0 Å². The van der Waals surface area contributed by atoms with Crippen LogP contribution in [0.25, 0.3) is 0 Å². The third kappa shape index (κ3) is 2.18. The fourth-order valence-corrected chi connectivity index (χ4v) is 3.08. The molecule has 1 aromatic carbocycles. The van der Waals surface area contributed by atoms with Gasteiger partial charge in [-0.1, -0.05) is 25.1 Å². The van der Waals surface area contributed by atoms with Gasteiger partial charge in [-0.05, 0) is 25.0 Å². The Kier molecular flexibility index (Phi) is 3.48. The average molecular weight is 223 g/mol. The summed E-state index contributed by atoms with van der Waals surface area (Å²) in [4.78, 5) is 0.262. The van der Waals surface area contributed by atoms with E-state index in [0.29, 0.717) is 12.0 Å². The van der Waals surface area contributed by atoms with Gasteiger partial charge in [-0.3, -0.25) is 0 Å². The first-order valence-electron chi connectivity index (χ1n) is 4.73. The summed E-state index contributed by atoms with van der Waals surface area (Å²) in [7, 11) is -3.49. The second-order valence-corrected chi connectivity index (χ2v) is 5.44. The lowest BCUT2D eigenvalue weighted by molar-refractivity contribution is 0.587. The number of hydrogen-bond donors (Lipinski definition) is 0. The van der Waals surface area contributed by atoms with Crippen LogP contribution in [0.5, 0.6) is 0 Å². The highest BCUT2D eigenvalue weighted by Gasteiger charge is 2.26. The summed E-state index contributed by atoms with van der Waals surface area (Å²) >= 11 is 0. The van der Waals surface area contributed by atoms with Gasteiger partial charge in [0.05, 0.1) is 11.0 Å². The van der Waals surface area contributed by atoms with Crippen LogP contribution < -0.4 is 0 Å². The van der Waals surface area contributed by atoms with Crippen LogP contribution in [0.4, 0.5) is 0 Å². The Balaban J connectivity index is 3.31. The zero-order chi connectivity index (χ0) is 11.5. The molecule has 0 aromatic heterocycles. The van der Waals surface area contributed by atoms with Crippen molar-refractivity contribution in [3.63, 3.8) is 0 Å². The number of nitriles is 1. The van der Waals surface area contributed by atoms with Crippen LogP contribution in [0, 0.1) is 18.3 Å². The second-order valence-electron chi connectivity index (χ2n) is 3.34. The van der Waals surface area contributed by atoms with Gasteiger partial charge >= 0.3 is 0 Å². The summed E-state index contributed by atoms with van der Waals surface area (Å²) in [5.41, 5.74) is 0.686. The van der Waals surface area contributed by atoms with Gasteiger partial charge in [0.25, 0.3) is 0 Å². The highest BCUT2D eigenvalue weighted by molar-refractivity contribution is 7.92. The largest absolute Gasteiger partial charge is 0.222 e. The van der Waals surface area contributed by atoms with E-state index in [2.05, 4.69) is 0 Å². The summed E-state index contributed by atoms with van der Waals surface area (Å²) in [5.74, 6) is 0. The third-order valence-electron chi connectivity index (χ3n) is 2.29. The van der Waals surface area contributed by atoms with E-state index in [9.17, 15) is 8.42 Å². The number of hydrogen-bond acceptors (Lipinski definition) is 3. The predicted molar refractivity (Wildman–Crippen MR) is 58.1 cm³/mol. The van der Waals surface area contributed by atoms with Gasteiger partial charge < -0.3 is 0 Å². The molecule has 1 rings (SSSR count). The van der Waals surface area contributed by atoms with E-state index in [1.54, 1.807) is 38.1 Å². The molecule has 15 heavy (non-hydrogen) atoms. The number of benzene rings is 1. The predicted octanol–water partition coefficient (Wildman–Crippen LogP) is 2.07. The summed E-state index contributed by atoms with van der Waals surface area (Å²) in [6.45, 7) is 3.43. The zero-order valence-corrected chi connectivity index (χ0v) is 9.58. The van der Waals surface area contributed by atoms with E-state index in [1.807, 2.05) is 6.07 Å². The molecule has 0 radical (unpaired) electrons. The molecule has 3 nitrogen and oxygen atoms in total. The van der Waals surface area contributed by atoms with Crippen molar-refractivity contribution in [1.82, 2.24) is 0 Å². The van der Waals surface area contributed by atoms with Crippen molar-refractivity contribution in [2.24, 2.45) is 0 Å². The van der Waals surface area contributed by atoms with Crippen LogP contribution in [-0.2, 0) is 9.84 Å². The molecule has 0 aliphatic heterocycles. The van der Waals surface area contributed by atoms with E-state index >= 15 is 0 Å². The molecule has 0 saturated heterocycles. The Labute approximate surface area is 90.3 Å². The summed E-state index contributed by atoms with van der Waals surface area (Å²) in [5, 5.41) is 7.84. The third-order valence-corrected chi connectivity index (χ3v) is 4.55. The molecule has 4 heteroatoms. The molecular formula is C11H13NO2S. The van der Waals surface area contributed by atoms with Gasteiger partial charge in [0.1, 0.15) is 0 Å². The van der Waals surface area contributed by atoms with E-state index in [0.717, 1.165) is 0 Å². The van der Waals surface area contributed by atoms with E-state index in [1.165, 1.54) is 0 Å². The SMILES string of the molecule is CCC(C#N)S(=O)(=O)c1ccccc1C. The fraction of sp³-hybridized carbons (Fsp3) is 0.364. The van der Waals surface area contributed by atoms with Crippen LogP contribution >= 0.6 is 0 Å².